The van der Waals surface area contributed by atoms with Crippen molar-refractivity contribution >= 4 is 50.4 Å². The second-order valence-electron chi connectivity index (χ2n) is 4.24. The van der Waals surface area contributed by atoms with Gasteiger partial charge in [0.2, 0.25) is 5.78 Å². The molecule has 0 unspecified atom stereocenters. The summed E-state index contributed by atoms with van der Waals surface area (Å²) >= 11 is 13.3. The van der Waals surface area contributed by atoms with E-state index in [9.17, 15) is 9.90 Å². The van der Waals surface area contributed by atoms with E-state index < -0.39 is 0 Å². The first-order valence-electron chi connectivity index (χ1n) is 5.78. The largest absolute Gasteiger partial charge is 0.506 e. The summed E-state index contributed by atoms with van der Waals surface area (Å²) in [6.07, 6.45) is 0. The molecule has 0 spiro atoms. The van der Waals surface area contributed by atoms with Crippen LogP contribution in [0.3, 0.4) is 0 Å². The summed E-state index contributed by atoms with van der Waals surface area (Å²) in [6, 6.07) is 12.5. The van der Waals surface area contributed by atoms with Crippen LogP contribution in [0, 0.1) is 0 Å². The lowest BCUT2D eigenvalue weighted by atomic mass is 10.1. The number of halogens is 2. The van der Waals surface area contributed by atoms with Crippen LogP contribution < -0.4 is 0 Å². The Labute approximate surface area is 129 Å². The standard InChI is InChI=1S/C15H8Cl2O2S/c16-13-9(5-6-10(18)14(13)17)15(19)12-7-8-3-1-2-4-11(8)20-12/h1-7,18H. The van der Waals surface area contributed by atoms with Crippen LogP contribution >= 0.6 is 34.5 Å². The fourth-order valence-corrected chi connectivity index (χ4v) is 3.37. The summed E-state index contributed by atoms with van der Waals surface area (Å²) in [6.45, 7) is 0. The maximum Gasteiger partial charge on any atom is 0.204 e. The monoisotopic (exact) mass is 322 g/mol. The highest BCUT2D eigenvalue weighted by atomic mass is 35.5. The lowest BCUT2D eigenvalue weighted by molar-refractivity contribution is 0.104. The van der Waals surface area contributed by atoms with E-state index in [1.165, 1.54) is 23.5 Å². The van der Waals surface area contributed by atoms with Crippen LogP contribution in [-0.2, 0) is 0 Å². The number of carbonyl (C=O) groups is 1. The molecule has 0 saturated carbocycles. The van der Waals surface area contributed by atoms with E-state index in [1.807, 2.05) is 30.3 Å². The van der Waals surface area contributed by atoms with E-state index in [4.69, 9.17) is 23.2 Å². The van der Waals surface area contributed by atoms with Crippen LogP contribution in [-0.4, -0.2) is 10.9 Å². The lowest BCUT2D eigenvalue weighted by Gasteiger charge is -2.05. The zero-order valence-corrected chi connectivity index (χ0v) is 12.4. The second kappa shape index (κ2) is 5.09. The van der Waals surface area contributed by atoms with E-state index in [2.05, 4.69) is 0 Å². The third kappa shape index (κ3) is 2.18. The van der Waals surface area contributed by atoms with Crippen LogP contribution in [0.15, 0.2) is 42.5 Å². The summed E-state index contributed by atoms with van der Waals surface area (Å²) in [4.78, 5) is 13.1. The molecule has 0 aliphatic rings. The first-order valence-corrected chi connectivity index (χ1v) is 7.35. The van der Waals surface area contributed by atoms with Gasteiger partial charge in [0.1, 0.15) is 10.8 Å². The highest BCUT2D eigenvalue weighted by Gasteiger charge is 2.18. The molecular weight excluding hydrogens is 315 g/mol. The SMILES string of the molecule is O=C(c1cc2ccccc2s1)c1ccc(O)c(Cl)c1Cl. The van der Waals surface area contributed by atoms with Crippen LogP contribution in [0.5, 0.6) is 5.75 Å². The number of hydrogen-bond donors (Lipinski definition) is 1. The van der Waals surface area contributed by atoms with Gasteiger partial charge >= 0.3 is 0 Å². The van der Waals surface area contributed by atoms with Crippen LogP contribution in [0.1, 0.15) is 15.2 Å². The summed E-state index contributed by atoms with van der Waals surface area (Å²) in [5.74, 6) is -0.331. The smallest absolute Gasteiger partial charge is 0.204 e. The van der Waals surface area contributed by atoms with Crippen molar-refractivity contribution in [1.82, 2.24) is 0 Å². The minimum atomic E-state index is -0.196. The second-order valence-corrected chi connectivity index (χ2v) is 6.08. The molecule has 2 nitrogen and oxygen atoms in total. The molecule has 20 heavy (non-hydrogen) atoms. The Kier molecular flexibility index (Phi) is 3.42. The number of hydrogen-bond acceptors (Lipinski definition) is 3. The molecular formula is C15H8Cl2O2S. The lowest BCUT2D eigenvalue weighted by Crippen LogP contribution is -1.99. The van der Waals surface area contributed by atoms with E-state index in [-0.39, 0.29) is 21.6 Å². The first-order chi connectivity index (χ1) is 9.58. The number of benzene rings is 2. The molecule has 2 aromatic carbocycles. The van der Waals surface area contributed by atoms with Crippen molar-refractivity contribution in [3.63, 3.8) is 0 Å². The number of rotatable bonds is 2. The Morgan fingerprint density at radius 2 is 1.80 bits per heavy atom. The van der Waals surface area contributed by atoms with Gasteiger partial charge in [-0.2, -0.15) is 0 Å². The summed E-state index contributed by atoms with van der Waals surface area (Å²) in [7, 11) is 0. The Bertz CT molecular complexity index is 791. The fourth-order valence-electron chi connectivity index (χ4n) is 1.94. The number of thiophene rings is 1. The van der Waals surface area contributed by atoms with Crippen LogP contribution in [0.2, 0.25) is 10.0 Å². The molecule has 0 aliphatic heterocycles. The number of carbonyl (C=O) groups excluding carboxylic acids is 1. The Morgan fingerprint density at radius 3 is 2.55 bits per heavy atom. The molecule has 1 heterocycles. The van der Waals surface area contributed by atoms with Gasteiger partial charge in [0, 0.05) is 10.3 Å². The van der Waals surface area contributed by atoms with Crippen molar-refractivity contribution < 1.29 is 9.90 Å². The van der Waals surface area contributed by atoms with Gasteiger partial charge in [0.25, 0.3) is 0 Å². The molecule has 0 radical (unpaired) electrons. The normalized spacial score (nSPS) is 10.9. The van der Waals surface area contributed by atoms with Gasteiger partial charge in [-0.25, -0.2) is 0 Å². The summed E-state index contributed by atoms with van der Waals surface area (Å²) in [5.41, 5.74) is 0.293. The van der Waals surface area contributed by atoms with E-state index >= 15 is 0 Å². The molecule has 0 bridgehead atoms. The Hall–Kier alpha value is -1.55. The molecule has 1 N–H and O–H groups in total. The van der Waals surface area contributed by atoms with Gasteiger partial charge in [-0.3, -0.25) is 4.79 Å². The number of phenols is 1. The van der Waals surface area contributed by atoms with Crippen molar-refractivity contribution in [3.05, 3.63) is 63.0 Å². The number of aromatic hydroxyl groups is 1. The summed E-state index contributed by atoms with van der Waals surface area (Å²) < 4.78 is 1.04. The number of phenolic OH excluding ortho intramolecular Hbond substituents is 1. The average Bonchev–Trinajstić information content (AvgIpc) is 2.88. The molecule has 0 atom stereocenters. The maximum atomic E-state index is 12.5. The molecule has 1 aromatic heterocycles. The van der Waals surface area contributed by atoms with Crippen LogP contribution in [0.4, 0.5) is 0 Å². The molecule has 3 aromatic rings. The zero-order valence-electron chi connectivity index (χ0n) is 10.1. The molecule has 100 valence electrons. The third-order valence-corrected chi connectivity index (χ3v) is 4.94. The summed E-state index contributed by atoms with van der Waals surface area (Å²) in [5, 5.41) is 10.6. The van der Waals surface area contributed by atoms with Crippen molar-refractivity contribution in [2.75, 3.05) is 0 Å². The van der Waals surface area contributed by atoms with E-state index in [0.29, 0.717) is 10.4 Å². The Balaban J connectivity index is 2.11. The average molecular weight is 323 g/mol. The molecule has 0 amide bonds. The number of fused-ring (bicyclic) bond motifs is 1. The highest BCUT2D eigenvalue weighted by molar-refractivity contribution is 7.21. The topological polar surface area (TPSA) is 37.3 Å². The van der Waals surface area contributed by atoms with Gasteiger partial charge in [0.05, 0.1) is 9.90 Å². The first kappa shape index (κ1) is 13.4. The van der Waals surface area contributed by atoms with Gasteiger partial charge in [-0.15, -0.1) is 11.3 Å². The molecule has 0 aliphatic carbocycles. The van der Waals surface area contributed by atoms with E-state index in [1.54, 1.807) is 0 Å². The van der Waals surface area contributed by atoms with E-state index in [0.717, 1.165) is 10.1 Å². The minimum absolute atomic E-state index is 0.00127. The van der Waals surface area contributed by atoms with Crippen molar-refractivity contribution in [2.24, 2.45) is 0 Å². The quantitative estimate of drug-likeness (QED) is 0.663. The zero-order chi connectivity index (χ0) is 14.3. The third-order valence-electron chi connectivity index (χ3n) is 2.96. The van der Waals surface area contributed by atoms with Crippen LogP contribution in [0.25, 0.3) is 10.1 Å². The fraction of sp³-hybridized carbons (Fsp3) is 0. The molecule has 5 heteroatoms. The van der Waals surface area contributed by atoms with Crippen molar-refractivity contribution in [2.45, 2.75) is 0 Å². The highest BCUT2D eigenvalue weighted by Crippen LogP contribution is 2.36. The van der Waals surface area contributed by atoms with Gasteiger partial charge in [-0.05, 0) is 29.7 Å². The molecule has 0 saturated heterocycles. The van der Waals surface area contributed by atoms with Crippen molar-refractivity contribution in [3.8, 4) is 5.75 Å². The number of ketones is 1. The van der Waals surface area contributed by atoms with Crippen molar-refractivity contribution in [1.29, 1.82) is 0 Å². The predicted octanol–water partition coefficient (Wildman–Crippen LogP) is 5.14. The van der Waals surface area contributed by atoms with Gasteiger partial charge in [-0.1, -0.05) is 41.4 Å². The minimum Gasteiger partial charge on any atom is -0.506 e. The van der Waals surface area contributed by atoms with Gasteiger partial charge < -0.3 is 5.11 Å². The van der Waals surface area contributed by atoms with Gasteiger partial charge in [0.15, 0.2) is 0 Å². The Morgan fingerprint density at radius 1 is 1.05 bits per heavy atom. The molecule has 3 rings (SSSR count). The predicted molar refractivity (Wildman–Crippen MR) is 83.4 cm³/mol. The maximum absolute atomic E-state index is 12.5. The molecule has 0 fully saturated rings.